The normalized spacial score (nSPS) is 13.9. The molecule has 0 atom stereocenters. The van der Waals surface area contributed by atoms with Crippen LogP contribution in [0.3, 0.4) is 0 Å². The van der Waals surface area contributed by atoms with Gasteiger partial charge in [0.1, 0.15) is 19.8 Å². The Morgan fingerprint density at radius 1 is 1.29 bits per heavy atom. The maximum atomic E-state index is 12.6. The van der Waals surface area contributed by atoms with Gasteiger partial charge in [-0.25, -0.2) is 0 Å². The molecule has 2 rings (SSSR count). The number of para-hydroxylation sites is 1. The van der Waals surface area contributed by atoms with Gasteiger partial charge in [0.2, 0.25) is 0 Å². The highest BCUT2D eigenvalue weighted by atomic mass is 35.5. The number of rotatable bonds is 4. The summed E-state index contributed by atoms with van der Waals surface area (Å²) in [5, 5.41) is 0. The number of fused-ring (bicyclic) bond motifs is 1. The second-order valence-corrected chi connectivity index (χ2v) is 4.74. The van der Waals surface area contributed by atoms with Crippen LogP contribution in [0.2, 0.25) is 0 Å². The third kappa shape index (κ3) is 3.93. The Hall–Kier alpha value is -1.63. The van der Waals surface area contributed by atoms with E-state index in [-0.39, 0.29) is 30.3 Å². The molecule has 116 valence electrons. The zero-order valence-electron chi connectivity index (χ0n) is 11.0. The molecule has 0 spiro atoms. The topological polar surface area (TPSA) is 38.8 Å². The van der Waals surface area contributed by atoms with Crippen LogP contribution in [0.15, 0.2) is 18.2 Å². The van der Waals surface area contributed by atoms with Crippen molar-refractivity contribution in [1.82, 2.24) is 4.90 Å². The lowest BCUT2D eigenvalue weighted by Gasteiger charge is -2.26. The first-order valence-electron chi connectivity index (χ1n) is 6.23. The molecule has 0 aromatic heterocycles. The Labute approximate surface area is 124 Å². The lowest BCUT2D eigenvalue weighted by atomic mass is 10.1. The summed E-state index contributed by atoms with van der Waals surface area (Å²) < 4.78 is 48.3. The van der Waals surface area contributed by atoms with Crippen molar-refractivity contribution in [2.45, 2.75) is 6.18 Å². The van der Waals surface area contributed by atoms with E-state index in [1.807, 2.05) is 0 Å². The average Bonchev–Trinajstić information content (AvgIpc) is 2.44. The molecule has 0 unspecified atom stereocenters. The van der Waals surface area contributed by atoms with Gasteiger partial charge >= 0.3 is 6.18 Å². The van der Waals surface area contributed by atoms with Crippen LogP contribution in [-0.2, 0) is 0 Å². The molecule has 4 nitrogen and oxygen atoms in total. The van der Waals surface area contributed by atoms with Gasteiger partial charge in [0, 0.05) is 12.4 Å². The third-order valence-electron chi connectivity index (χ3n) is 2.81. The van der Waals surface area contributed by atoms with Crippen molar-refractivity contribution >= 4 is 17.5 Å². The van der Waals surface area contributed by atoms with Crippen LogP contribution in [0.4, 0.5) is 13.2 Å². The fourth-order valence-corrected chi connectivity index (χ4v) is 2.19. The molecule has 1 aliphatic heterocycles. The van der Waals surface area contributed by atoms with E-state index in [1.54, 1.807) is 6.07 Å². The highest BCUT2D eigenvalue weighted by Crippen LogP contribution is 2.34. The van der Waals surface area contributed by atoms with Gasteiger partial charge in [0.15, 0.2) is 11.5 Å². The number of ether oxygens (including phenoxy) is 2. The van der Waals surface area contributed by atoms with Crippen LogP contribution in [0, 0.1) is 0 Å². The number of carbonyl (C=O) groups excluding carboxylic acids is 1. The van der Waals surface area contributed by atoms with Crippen LogP contribution in [0.1, 0.15) is 10.4 Å². The van der Waals surface area contributed by atoms with Crippen LogP contribution in [-0.4, -0.2) is 49.2 Å². The highest BCUT2D eigenvalue weighted by Gasteiger charge is 2.34. The number of hydrogen-bond donors (Lipinski definition) is 0. The van der Waals surface area contributed by atoms with E-state index in [2.05, 4.69) is 0 Å². The lowest BCUT2D eigenvalue weighted by Crippen LogP contribution is -2.40. The number of benzene rings is 1. The Balaban J connectivity index is 2.28. The van der Waals surface area contributed by atoms with Gasteiger partial charge in [-0.1, -0.05) is 6.07 Å². The van der Waals surface area contributed by atoms with E-state index >= 15 is 0 Å². The molecule has 0 bridgehead atoms. The van der Waals surface area contributed by atoms with Gasteiger partial charge < -0.3 is 14.4 Å². The Kier molecular flexibility index (Phi) is 4.82. The minimum absolute atomic E-state index is 0.0431. The first kappa shape index (κ1) is 15.8. The maximum absolute atomic E-state index is 12.6. The quantitative estimate of drug-likeness (QED) is 0.800. The number of alkyl halides is 4. The largest absolute Gasteiger partial charge is 0.486 e. The van der Waals surface area contributed by atoms with Crippen LogP contribution >= 0.6 is 11.6 Å². The minimum atomic E-state index is -4.49. The molecular formula is C13H13ClF3NO3. The van der Waals surface area contributed by atoms with Gasteiger partial charge in [0.25, 0.3) is 5.91 Å². The highest BCUT2D eigenvalue weighted by molar-refractivity contribution is 6.18. The predicted molar refractivity (Wildman–Crippen MR) is 70.1 cm³/mol. The summed E-state index contributed by atoms with van der Waals surface area (Å²) in [4.78, 5) is 13.0. The number of hydrogen-bond acceptors (Lipinski definition) is 3. The van der Waals surface area contributed by atoms with E-state index in [0.29, 0.717) is 17.3 Å². The van der Waals surface area contributed by atoms with Gasteiger partial charge in [-0.15, -0.1) is 11.6 Å². The molecule has 0 radical (unpaired) electrons. The van der Waals surface area contributed by atoms with Gasteiger partial charge in [-0.3, -0.25) is 4.79 Å². The molecule has 21 heavy (non-hydrogen) atoms. The van der Waals surface area contributed by atoms with Crippen LogP contribution in [0.5, 0.6) is 11.5 Å². The molecule has 1 heterocycles. The standard InChI is InChI=1S/C13H13ClF3NO3/c14-4-5-18(8-13(15,16)17)12(19)9-2-1-3-10-11(9)21-7-6-20-10/h1-3H,4-8H2. The molecule has 1 aromatic carbocycles. The maximum Gasteiger partial charge on any atom is 0.406 e. The second-order valence-electron chi connectivity index (χ2n) is 4.36. The predicted octanol–water partition coefficient (Wildman–Crippen LogP) is 2.70. The summed E-state index contributed by atoms with van der Waals surface area (Å²) in [5.41, 5.74) is 0.0431. The van der Waals surface area contributed by atoms with E-state index in [4.69, 9.17) is 21.1 Å². The van der Waals surface area contributed by atoms with Crippen molar-refractivity contribution in [3.05, 3.63) is 23.8 Å². The van der Waals surface area contributed by atoms with Crippen molar-refractivity contribution < 1.29 is 27.4 Å². The Morgan fingerprint density at radius 3 is 2.67 bits per heavy atom. The third-order valence-corrected chi connectivity index (χ3v) is 2.98. The molecule has 0 saturated carbocycles. The smallest absolute Gasteiger partial charge is 0.406 e. The summed E-state index contributed by atoms with van der Waals surface area (Å²) in [5.74, 6) is -0.343. The second kappa shape index (κ2) is 6.43. The monoisotopic (exact) mass is 323 g/mol. The number of amides is 1. The Morgan fingerprint density at radius 2 is 2.00 bits per heavy atom. The van der Waals surface area contributed by atoms with Crippen molar-refractivity contribution in [2.75, 3.05) is 32.2 Å². The molecule has 1 aromatic rings. The number of nitrogens with zero attached hydrogens (tertiary/aromatic N) is 1. The Bertz CT molecular complexity index is 522. The fourth-order valence-electron chi connectivity index (χ4n) is 1.98. The minimum Gasteiger partial charge on any atom is -0.486 e. The molecule has 0 aliphatic carbocycles. The summed E-state index contributed by atoms with van der Waals surface area (Å²) in [6.07, 6.45) is -4.49. The molecule has 8 heteroatoms. The first-order chi connectivity index (χ1) is 9.92. The molecular weight excluding hydrogens is 311 g/mol. The lowest BCUT2D eigenvalue weighted by molar-refractivity contribution is -0.140. The van der Waals surface area contributed by atoms with Gasteiger partial charge in [-0.2, -0.15) is 13.2 Å². The van der Waals surface area contributed by atoms with Crippen LogP contribution < -0.4 is 9.47 Å². The molecule has 1 aliphatic rings. The SMILES string of the molecule is O=C(c1cccc2c1OCCO2)N(CCCl)CC(F)(F)F. The first-order valence-corrected chi connectivity index (χ1v) is 6.76. The molecule has 0 fully saturated rings. The van der Waals surface area contributed by atoms with Crippen molar-refractivity contribution in [1.29, 1.82) is 0 Å². The van der Waals surface area contributed by atoms with E-state index in [0.717, 1.165) is 0 Å². The summed E-state index contributed by atoms with van der Waals surface area (Å²) in [7, 11) is 0. The number of carbonyl (C=O) groups is 1. The average molecular weight is 324 g/mol. The molecule has 0 saturated heterocycles. The van der Waals surface area contributed by atoms with Gasteiger partial charge in [0.05, 0.1) is 5.56 Å². The van der Waals surface area contributed by atoms with E-state index in [9.17, 15) is 18.0 Å². The molecule has 1 amide bonds. The van der Waals surface area contributed by atoms with Crippen molar-refractivity contribution in [3.63, 3.8) is 0 Å². The summed E-state index contributed by atoms with van der Waals surface area (Å²) in [6, 6.07) is 4.54. The zero-order chi connectivity index (χ0) is 15.5. The number of halogens is 4. The van der Waals surface area contributed by atoms with E-state index < -0.39 is 18.6 Å². The van der Waals surface area contributed by atoms with Crippen LogP contribution in [0.25, 0.3) is 0 Å². The summed E-state index contributed by atoms with van der Waals surface area (Å²) in [6.45, 7) is -0.988. The zero-order valence-corrected chi connectivity index (χ0v) is 11.7. The summed E-state index contributed by atoms with van der Waals surface area (Å²) >= 11 is 5.48. The van der Waals surface area contributed by atoms with Crippen molar-refractivity contribution in [3.8, 4) is 11.5 Å². The van der Waals surface area contributed by atoms with Gasteiger partial charge in [-0.05, 0) is 12.1 Å². The molecule has 0 N–H and O–H groups in total. The fraction of sp³-hybridized carbons (Fsp3) is 0.462. The van der Waals surface area contributed by atoms with Crippen molar-refractivity contribution in [2.24, 2.45) is 0 Å². The van der Waals surface area contributed by atoms with E-state index in [1.165, 1.54) is 12.1 Å².